The van der Waals surface area contributed by atoms with E-state index in [9.17, 15) is 5.11 Å². The van der Waals surface area contributed by atoms with Gasteiger partial charge in [0.2, 0.25) is 0 Å². The van der Waals surface area contributed by atoms with Crippen molar-refractivity contribution in [3.8, 4) is 0 Å². The van der Waals surface area contributed by atoms with Crippen LogP contribution in [0.15, 0.2) is 18.5 Å². The average Bonchev–Trinajstić information content (AvgIpc) is 2.29. The van der Waals surface area contributed by atoms with Gasteiger partial charge in [-0.25, -0.2) is 0 Å². The highest BCUT2D eigenvalue weighted by molar-refractivity contribution is 5.50. The van der Waals surface area contributed by atoms with E-state index in [1.165, 1.54) is 19.3 Å². The van der Waals surface area contributed by atoms with Crippen LogP contribution in [0.1, 0.15) is 31.7 Å². The molecule has 0 aliphatic heterocycles. The summed E-state index contributed by atoms with van der Waals surface area (Å²) in [4.78, 5) is 6.25. The summed E-state index contributed by atoms with van der Waals surface area (Å²) in [6.45, 7) is 3.30. The third-order valence-corrected chi connectivity index (χ3v) is 2.57. The van der Waals surface area contributed by atoms with Crippen LogP contribution in [-0.2, 0) is 6.61 Å². The van der Waals surface area contributed by atoms with Gasteiger partial charge in [0.1, 0.15) is 0 Å². The first kappa shape index (κ1) is 12.0. The Balaban J connectivity index is 2.59. The number of hydrogen-bond acceptors (Lipinski definition) is 3. The third kappa shape index (κ3) is 3.51. The summed E-state index contributed by atoms with van der Waals surface area (Å²) in [5.41, 5.74) is 1.99. The summed E-state index contributed by atoms with van der Waals surface area (Å²) in [7, 11) is 2.05. The van der Waals surface area contributed by atoms with Crippen molar-refractivity contribution in [3.63, 3.8) is 0 Å². The van der Waals surface area contributed by atoms with Crippen LogP contribution in [0.25, 0.3) is 0 Å². The molecule has 0 amide bonds. The Bertz CT molecular complexity index is 289. The Morgan fingerprint density at radius 3 is 2.87 bits per heavy atom. The van der Waals surface area contributed by atoms with Gasteiger partial charge < -0.3 is 10.0 Å². The van der Waals surface area contributed by atoms with E-state index in [0.717, 1.165) is 17.8 Å². The van der Waals surface area contributed by atoms with Crippen molar-refractivity contribution in [3.05, 3.63) is 24.0 Å². The molecule has 3 nitrogen and oxygen atoms in total. The van der Waals surface area contributed by atoms with Crippen molar-refractivity contribution in [2.75, 3.05) is 18.5 Å². The van der Waals surface area contributed by atoms with Crippen LogP contribution in [0.3, 0.4) is 0 Å². The van der Waals surface area contributed by atoms with E-state index in [2.05, 4.69) is 16.8 Å². The van der Waals surface area contributed by atoms with Crippen LogP contribution >= 0.6 is 0 Å². The Kier molecular flexibility index (Phi) is 5.12. The highest BCUT2D eigenvalue weighted by atomic mass is 16.3. The Morgan fingerprint density at radius 1 is 1.40 bits per heavy atom. The van der Waals surface area contributed by atoms with Crippen LogP contribution in [0.5, 0.6) is 0 Å². The lowest BCUT2D eigenvalue weighted by molar-refractivity contribution is 0.282. The Hall–Kier alpha value is -1.09. The van der Waals surface area contributed by atoms with E-state index in [4.69, 9.17) is 0 Å². The second-order valence-electron chi connectivity index (χ2n) is 3.79. The summed E-state index contributed by atoms with van der Waals surface area (Å²) in [6, 6.07) is 1.87. The van der Waals surface area contributed by atoms with E-state index >= 15 is 0 Å². The molecule has 0 saturated carbocycles. The zero-order valence-corrected chi connectivity index (χ0v) is 9.61. The van der Waals surface area contributed by atoms with E-state index in [1.54, 1.807) is 6.20 Å². The van der Waals surface area contributed by atoms with Gasteiger partial charge in [0.25, 0.3) is 0 Å². The lowest BCUT2D eigenvalue weighted by atomic mass is 10.2. The molecule has 0 aromatic carbocycles. The molecule has 0 saturated heterocycles. The maximum Gasteiger partial charge on any atom is 0.0703 e. The number of unbranched alkanes of at least 4 members (excludes halogenated alkanes) is 2. The summed E-state index contributed by atoms with van der Waals surface area (Å²) < 4.78 is 0. The molecule has 1 rings (SSSR count). The van der Waals surface area contributed by atoms with Gasteiger partial charge in [0, 0.05) is 25.4 Å². The van der Waals surface area contributed by atoms with Gasteiger partial charge in [-0.15, -0.1) is 0 Å². The molecule has 1 heterocycles. The number of anilines is 1. The van der Waals surface area contributed by atoms with Gasteiger partial charge >= 0.3 is 0 Å². The normalized spacial score (nSPS) is 10.3. The molecule has 1 N–H and O–H groups in total. The molecule has 0 aliphatic rings. The quantitative estimate of drug-likeness (QED) is 0.728. The number of aromatic nitrogens is 1. The SMILES string of the molecule is CCCCCN(C)c1cnccc1CO. The average molecular weight is 208 g/mol. The number of aliphatic hydroxyl groups excluding tert-OH is 1. The van der Waals surface area contributed by atoms with Gasteiger partial charge in [-0.05, 0) is 12.5 Å². The molecule has 0 unspecified atom stereocenters. The van der Waals surface area contributed by atoms with Crippen molar-refractivity contribution in [1.82, 2.24) is 4.98 Å². The second kappa shape index (κ2) is 6.40. The van der Waals surface area contributed by atoms with Gasteiger partial charge in [-0.3, -0.25) is 4.98 Å². The minimum atomic E-state index is 0.0793. The van der Waals surface area contributed by atoms with Crippen molar-refractivity contribution >= 4 is 5.69 Å². The second-order valence-corrected chi connectivity index (χ2v) is 3.79. The molecule has 0 aliphatic carbocycles. The van der Waals surface area contributed by atoms with Crippen molar-refractivity contribution in [2.45, 2.75) is 32.8 Å². The summed E-state index contributed by atoms with van der Waals surface area (Å²) in [6.07, 6.45) is 7.20. The van der Waals surface area contributed by atoms with Crippen LogP contribution in [0.2, 0.25) is 0 Å². The molecule has 0 bridgehead atoms. The van der Waals surface area contributed by atoms with Crippen LogP contribution in [0.4, 0.5) is 5.69 Å². The first-order chi connectivity index (χ1) is 7.29. The zero-order chi connectivity index (χ0) is 11.1. The smallest absolute Gasteiger partial charge is 0.0703 e. The minimum Gasteiger partial charge on any atom is -0.392 e. The van der Waals surface area contributed by atoms with Crippen molar-refractivity contribution in [1.29, 1.82) is 0 Å². The predicted octanol–water partition coefficient (Wildman–Crippen LogP) is 2.20. The van der Waals surface area contributed by atoms with Gasteiger partial charge in [-0.1, -0.05) is 19.8 Å². The molecule has 1 aromatic heterocycles. The number of pyridine rings is 1. The van der Waals surface area contributed by atoms with Crippen molar-refractivity contribution < 1.29 is 5.11 Å². The first-order valence-electron chi connectivity index (χ1n) is 5.54. The van der Waals surface area contributed by atoms with E-state index in [1.807, 2.05) is 19.3 Å². The summed E-state index contributed by atoms with van der Waals surface area (Å²) in [5.74, 6) is 0. The number of aliphatic hydroxyl groups is 1. The molecular weight excluding hydrogens is 188 g/mol. The van der Waals surface area contributed by atoms with Gasteiger partial charge in [-0.2, -0.15) is 0 Å². The number of nitrogens with zero attached hydrogens (tertiary/aromatic N) is 2. The highest BCUT2D eigenvalue weighted by Crippen LogP contribution is 2.17. The fourth-order valence-corrected chi connectivity index (χ4v) is 1.61. The molecule has 15 heavy (non-hydrogen) atoms. The van der Waals surface area contributed by atoms with E-state index < -0.39 is 0 Å². The van der Waals surface area contributed by atoms with E-state index in [-0.39, 0.29) is 6.61 Å². The minimum absolute atomic E-state index is 0.0793. The van der Waals surface area contributed by atoms with E-state index in [0.29, 0.717) is 0 Å². The van der Waals surface area contributed by atoms with Gasteiger partial charge in [0.15, 0.2) is 0 Å². The molecular formula is C12H20N2O. The van der Waals surface area contributed by atoms with Crippen LogP contribution in [-0.4, -0.2) is 23.7 Å². The highest BCUT2D eigenvalue weighted by Gasteiger charge is 2.05. The van der Waals surface area contributed by atoms with Gasteiger partial charge in [0.05, 0.1) is 18.5 Å². The number of hydrogen-bond donors (Lipinski definition) is 1. The molecule has 3 heteroatoms. The molecule has 0 atom stereocenters. The standard InChI is InChI=1S/C12H20N2O/c1-3-4-5-8-14(2)12-9-13-7-6-11(12)10-15/h6-7,9,15H,3-5,8,10H2,1-2H3. The molecule has 0 radical (unpaired) electrons. The fraction of sp³-hybridized carbons (Fsp3) is 0.583. The Morgan fingerprint density at radius 2 is 2.20 bits per heavy atom. The molecule has 0 spiro atoms. The monoisotopic (exact) mass is 208 g/mol. The van der Waals surface area contributed by atoms with Crippen molar-refractivity contribution in [2.24, 2.45) is 0 Å². The largest absolute Gasteiger partial charge is 0.392 e. The molecule has 84 valence electrons. The van der Waals surface area contributed by atoms with Crippen LogP contribution in [0, 0.1) is 0 Å². The third-order valence-electron chi connectivity index (χ3n) is 2.57. The number of rotatable bonds is 6. The maximum atomic E-state index is 9.18. The lowest BCUT2D eigenvalue weighted by Crippen LogP contribution is -2.20. The summed E-state index contributed by atoms with van der Waals surface area (Å²) in [5, 5.41) is 9.18. The topological polar surface area (TPSA) is 36.4 Å². The predicted molar refractivity (Wildman–Crippen MR) is 63.0 cm³/mol. The fourth-order valence-electron chi connectivity index (χ4n) is 1.61. The summed E-state index contributed by atoms with van der Waals surface area (Å²) >= 11 is 0. The zero-order valence-electron chi connectivity index (χ0n) is 9.61. The molecule has 1 aromatic rings. The first-order valence-corrected chi connectivity index (χ1v) is 5.54. The molecule has 0 fully saturated rings. The lowest BCUT2D eigenvalue weighted by Gasteiger charge is -2.21. The van der Waals surface area contributed by atoms with Crippen LogP contribution < -0.4 is 4.90 Å². The Labute approximate surface area is 91.8 Å². The maximum absolute atomic E-state index is 9.18.